The molecule has 0 unspecified atom stereocenters. The normalized spacial score (nSPS) is 14.2. The van der Waals surface area contributed by atoms with Crippen LogP contribution in [0.2, 0.25) is 0 Å². The number of amides is 2. The van der Waals surface area contributed by atoms with Crippen LogP contribution in [-0.2, 0) is 16.0 Å². The number of carbonyl (C=O) groups excluding carboxylic acids is 2. The van der Waals surface area contributed by atoms with E-state index < -0.39 is 0 Å². The molecule has 0 radical (unpaired) electrons. The lowest BCUT2D eigenvalue weighted by Crippen LogP contribution is -2.42. The summed E-state index contributed by atoms with van der Waals surface area (Å²) >= 11 is 0. The van der Waals surface area contributed by atoms with Gasteiger partial charge in [-0.2, -0.15) is 0 Å². The van der Waals surface area contributed by atoms with Gasteiger partial charge in [-0.05, 0) is 47.0 Å². The molecule has 3 aromatic carbocycles. The van der Waals surface area contributed by atoms with E-state index in [1.165, 1.54) is 0 Å². The summed E-state index contributed by atoms with van der Waals surface area (Å²) in [5, 5.41) is 4.99. The number of methoxy groups -OCH3 is 1. The Morgan fingerprint density at radius 1 is 0.906 bits per heavy atom. The van der Waals surface area contributed by atoms with Crippen LogP contribution in [-0.4, -0.2) is 56.5 Å². The SMILES string of the molecule is COc1ccc(N2CCCN(C(=O)CNC(=O)Cc3cccc4ccccc34)CC2)cc1. The first-order valence-electron chi connectivity index (χ1n) is 11.0. The van der Waals surface area contributed by atoms with Crippen LogP contribution < -0.4 is 15.0 Å². The van der Waals surface area contributed by atoms with Crippen LogP contribution in [0.3, 0.4) is 0 Å². The van der Waals surface area contributed by atoms with E-state index >= 15 is 0 Å². The number of carbonyl (C=O) groups is 2. The first-order chi connectivity index (χ1) is 15.6. The summed E-state index contributed by atoms with van der Waals surface area (Å²) in [6.07, 6.45) is 1.15. The van der Waals surface area contributed by atoms with Crippen LogP contribution in [0, 0.1) is 0 Å². The molecule has 0 bridgehead atoms. The van der Waals surface area contributed by atoms with Gasteiger partial charge in [0, 0.05) is 31.9 Å². The van der Waals surface area contributed by atoms with Gasteiger partial charge in [0.2, 0.25) is 11.8 Å². The van der Waals surface area contributed by atoms with Crippen LogP contribution in [0.4, 0.5) is 5.69 Å². The van der Waals surface area contributed by atoms with Crippen LogP contribution in [0.15, 0.2) is 66.7 Å². The van der Waals surface area contributed by atoms with Gasteiger partial charge in [0.25, 0.3) is 0 Å². The van der Waals surface area contributed by atoms with Crippen molar-refractivity contribution in [1.29, 1.82) is 0 Å². The van der Waals surface area contributed by atoms with Gasteiger partial charge in [-0.3, -0.25) is 9.59 Å². The average Bonchev–Trinajstić information content (AvgIpc) is 3.09. The third-order valence-electron chi connectivity index (χ3n) is 5.95. The van der Waals surface area contributed by atoms with Crippen molar-refractivity contribution in [1.82, 2.24) is 10.2 Å². The zero-order valence-electron chi connectivity index (χ0n) is 18.4. The van der Waals surface area contributed by atoms with Crippen LogP contribution >= 0.6 is 0 Å². The summed E-state index contributed by atoms with van der Waals surface area (Å²) in [7, 11) is 1.66. The summed E-state index contributed by atoms with van der Waals surface area (Å²) in [5.41, 5.74) is 2.10. The Bertz CT molecular complexity index is 1080. The highest BCUT2D eigenvalue weighted by Crippen LogP contribution is 2.21. The summed E-state index contributed by atoms with van der Waals surface area (Å²) in [5.74, 6) is 0.664. The van der Waals surface area contributed by atoms with Gasteiger partial charge < -0.3 is 19.9 Å². The lowest BCUT2D eigenvalue weighted by Gasteiger charge is -2.24. The molecule has 4 rings (SSSR count). The van der Waals surface area contributed by atoms with E-state index in [0.717, 1.165) is 47.3 Å². The number of hydrogen-bond acceptors (Lipinski definition) is 4. The molecule has 1 heterocycles. The number of anilines is 1. The molecule has 0 aliphatic carbocycles. The fraction of sp³-hybridized carbons (Fsp3) is 0.308. The molecule has 1 aliphatic heterocycles. The van der Waals surface area contributed by atoms with Gasteiger partial charge >= 0.3 is 0 Å². The molecular weight excluding hydrogens is 402 g/mol. The van der Waals surface area contributed by atoms with Gasteiger partial charge in [-0.1, -0.05) is 42.5 Å². The Balaban J connectivity index is 1.28. The smallest absolute Gasteiger partial charge is 0.242 e. The largest absolute Gasteiger partial charge is 0.497 e. The molecule has 1 aliphatic rings. The number of hydrogen-bond donors (Lipinski definition) is 1. The van der Waals surface area contributed by atoms with E-state index in [0.29, 0.717) is 13.1 Å². The topological polar surface area (TPSA) is 61.9 Å². The van der Waals surface area contributed by atoms with Crippen molar-refractivity contribution in [2.24, 2.45) is 0 Å². The lowest BCUT2D eigenvalue weighted by molar-refractivity contribution is -0.132. The summed E-state index contributed by atoms with van der Waals surface area (Å²) in [4.78, 5) is 29.4. The molecule has 166 valence electrons. The predicted molar refractivity (Wildman–Crippen MR) is 127 cm³/mol. The van der Waals surface area contributed by atoms with E-state index in [9.17, 15) is 9.59 Å². The van der Waals surface area contributed by atoms with Crippen molar-refractivity contribution in [3.8, 4) is 5.75 Å². The maximum atomic E-state index is 12.7. The van der Waals surface area contributed by atoms with E-state index in [4.69, 9.17) is 4.74 Å². The minimum absolute atomic E-state index is 0.0339. The monoisotopic (exact) mass is 431 g/mol. The highest BCUT2D eigenvalue weighted by Gasteiger charge is 2.20. The molecule has 0 atom stereocenters. The summed E-state index contributed by atoms with van der Waals surface area (Å²) in [6, 6.07) is 22.0. The van der Waals surface area contributed by atoms with Crippen molar-refractivity contribution in [3.05, 3.63) is 72.3 Å². The van der Waals surface area contributed by atoms with Crippen LogP contribution in [0.5, 0.6) is 5.75 Å². The Hall–Kier alpha value is -3.54. The van der Waals surface area contributed by atoms with Crippen molar-refractivity contribution < 1.29 is 14.3 Å². The zero-order valence-corrected chi connectivity index (χ0v) is 18.4. The third kappa shape index (κ3) is 5.19. The van der Waals surface area contributed by atoms with Crippen molar-refractivity contribution in [2.45, 2.75) is 12.8 Å². The number of ether oxygens (including phenoxy) is 1. The van der Waals surface area contributed by atoms with Crippen molar-refractivity contribution >= 4 is 28.3 Å². The van der Waals surface area contributed by atoms with E-state index in [2.05, 4.69) is 10.2 Å². The van der Waals surface area contributed by atoms with Gasteiger partial charge in [-0.25, -0.2) is 0 Å². The minimum Gasteiger partial charge on any atom is -0.497 e. The Labute approximate surface area is 188 Å². The Morgan fingerprint density at radius 2 is 1.69 bits per heavy atom. The number of benzene rings is 3. The lowest BCUT2D eigenvalue weighted by atomic mass is 10.0. The highest BCUT2D eigenvalue weighted by atomic mass is 16.5. The molecule has 0 saturated carbocycles. The maximum Gasteiger partial charge on any atom is 0.242 e. The molecule has 6 heteroatoms. The van der Waals surface area contributed by atoms with Crippen molar-refractivity contribution in [3.63, 3.8) is 0 Å². The first-order valence-corrected chi connectivity index (χ1v) is 11.0. The molecule has 2 amide bonds. The number of nitrogens with one attached hydrogen (secondary N) is 1. The molecule has 3 aromatic rings. The second kappa shape index (κ2) is 10.2. The fourth-order valence-corrected chi connectivity index (χ4v) is 4.19. The fourth-order valence-electron chi connectivity index (χ4n) is 4.19. The molecule has 1 saturated heterocycles. The van der Waals surface area contributed by atoms with E-state index in [1.54, 1.807) is 7.11 Å². The van der Waals surface area contributed by atoms with Crippen LogP contribution in [0.25, 0.3) is 10.8 Å². The Kier molecular flexibility index (Phi) is 6.90. The predicted octanol–water partition coefficient (Wildman–Crippen LogP) is 3.25. The quantitative estimate of drug-likeness (QED) is 0.651. The van der Waals surface area contributed by atoms with Gasteiger partial charge in [0.1, 0.15) is 5.75 Å². The maximum absolute atomic E-state index is 12.7. The Morgan fingerprint density at radius 3 is 2.50 bits per heavy atom. The second-order valence-electron chi connectivity index (χ2n) is 8.01. The molecule has 1 N–H and O–H groups in total. The second-order valence-corrected chi connectivity index (χ2v) is 8.01. The minimum atomic E-state index is -0.135. The third-order valence-corrected chi connectivity index (χ3v) is 5.95. The number of rotatable bonds is 6. The molecule has 32 heavy (non-hydrogen) atoms. The van der Waals surface area contributed by atoms with E-state index in [-0.39, 0.29) is 24.8 Å². The highest BCUT2D eigenvalue weighted by molar-refractivity contribution is 5.91. The van der Waals surface area contributed by atoms with Crippen molar-refractivity contribution in [2.75, 3.05) is 44.7 Å². The average molecular weight is 432 g/mol. The van der Waals surface area contributed by atoms with E-state index in [1.807, 2.05) is 71.6 Å². The van der Waals surface area contributed by atoms with Gasteiger partial charge in [0.15, 0.2) is 0 Å². The van der Waals surface area contributed by atoms with Crippen LogP contribution in [0.1, 0.15) is 12.0 Å². The molecule has 0 spiro atoms. The first kappa shape index (κ1) is 21.7. The molecule has 1 fully saturated rings. The zero-order chi connectivity index (χ0) is 22.3. The van der Waals surface area contributed by atoms with Gasteiger partial charge in [0.05, 0.1) is 20.1 Å². The molecule has 0 aromatic heterocycles. The number of nitrogens with zero attached hydrogens (tertiary/aromatic N) is 2. The molecule has 6 nitrogen and oxygen atoms in total. The van der Waals surface area contributed by atoms with Gasteiger partial charge in [-0.15, -0.1) is 0 Å². The number of fused-ring (bicyclic) bond motifs is 1. The molecular formula is C26H29N3O3. The summed E-state index contributed by atoms with van der Waals surface area (Å²) in [6.45, 7) is 3.03. The summed E-state index contributed by atoms with van der Waals surface area (Å²) < 4.78 is 5.23. The standard InChI is InChI=1S/C26H29N3O3/c1-32-23-12-10-22(11-13-23)28-14-5-15-29(17-16-28)26(31)19-27-25(30)18-21-8-4-7-20-6-2-3-9-24(20)21/h2-4,6-13H,5,14-19H2,1H3,(H,27,30).